The lowest BCUT2D eigenvalue weighted by molar-refractivity contribution is 0.362. The minimum atomic E-state index is 0.509. The Hall–Kier alpha value is -2.48. The summed E-state index contributed by atoms with van der Waals surface area (Å²) in [4.78, 5) is 0. The quantitative estimate of drug-likeness (QED) is 0.559. The molecule has 0 unspecified atom stereocenters. The maximum atomic E-state index is 5.75. The first-order valence-electron chi connectivity index (χ1n) is 8.45. The monoisotopic (exact) mass is 322 g/mol. The average molecular weight is 322 g/mol. The van der Waals surface area contributed by atoms with E-state index in [-0.39, 0.29) is 0 Å². The number of aryl methyl sites for hydroxylation is 2. The molecule has 0 N–H and O–H groups in total. The minimum absolute atomic E-state index is 0.509. The van der Waals surface area contributed by atoms with Gasteiger partial charge in [0.05, 0.1) is 0 Å². The Labute approximate surface area is 145 Å². The molecule has 2 aromatic rings. The van der Waals surface area contributed by atoms with E-state index in [0.29, 0.717) is 13.2 Å². The Morgan fingerprint density at radius 1 is 0.708 bits per heavy atom. The zero-order chi connectivity index (χ0) is 17.4. The highest BCUT2D eigenvalue weighted by molar-refractivity contribution is 5.68. The van der Waals surface area contributed by atoms with Crippen molar-refractivity contribution >= 4 is 0 Å². The smallest absolute Gasteiger partial charge is 0.120 e. The Balaban J connectivity index is 2.44. The van der Waals surface area contributed by atoms with E-state index < -0.39 is 0 Å². The summed E-state index contributed by atoms with van der Waals surface area (Å²) in [5, 5.41) is 0. The van der Waals surface area contributed by atoms with Crippen LogP contribution in [0.5, 0.6) is 11.5 Å². The molecule has 0 atom stereocenters. The molecule has 0 radical (unpaired) electrons. The molecule has 0 aliphatic carbocycles. The second-order valence-corrected chi connectivity index (χ2v) is 5.64. The maximum absolute atomic E-state index is 5.75. The number of ether oxygens (including phenoxy) is 2. The van der Waals surface area contributed by atoms with Crippen LogP contribution < -0.4 is 9.47 Å². The van der Waals surface area contributed by atoms with E-state index in [1.807, 2.05) is 0 Å². The molecule has 2 nitrogen and oxygen atoms in total. The molecule has 0 bridgehead atoms. The van der Waals surface area contributed by atoms with Crippen molar-refractivity contribution in [3.05, 3.63) is 72.8 Å². The molecule has 0 spiro atoms. The third kappa shape index (κ3) is 4.76. The Morgan fingerprint density at radius 2 is 1.12 bits per heavy atom. The minimum Gasteiger partial charge on any atom is -0.490 e. The first-order valence-corrected chi connectivity index (χ1v) is 8.45. The molecular weight excluding hydrogens is 296 g/mol. The van der Waals surface area contributed by atoms with Crippen LogP contribution in [0.2, 0.25) is 0 Å². The summed E-state index contributed by atoms with van der Waals surface area (Å²) >= 11 is 0. The molecule has 2 aromatic carbocycles. The summed E-state index contributed by atoms with van der Waals surface area (Å²) in [6, 6.07) is 12.8. The highest BCUT2D eigenvalue weighted by atomic mass is 16.5. The van der Waals surface area contributed by atoms with Crippen LogP contribution >= 0.6 is 0 Å². The Bertz CT molecular complexity index is 640. The second-order valence-electron chi connectivity index (χ2n) is 5.64. The van der Waals surface area contributed by atoms with Gasteiger partial charge in [-0.05, 0) is 59.4 Å². The van der Waals surface area contributed by atoms with Gasteiger partial charge in [0.15, 0.2) is 0 Å². The van der Waals surface area contributed by atoms with Gasteiger partial charge in [0.25, 0.3) is 0 Å². The molecule has 24 heavy (non-hydrogen) atoms. The fourth-order valence-corrected chi connectivity index (χ4v) is 2.54. The van der Waals surface area contributed by atoms with Gasteiger partial charge in [0.2, 0.25) is 0 Å². The highest BCUT2D eigenvalue weighted by Gasteiger charge is 2.07. The van der Waals surface area contributed by atoms with Crippen molar-refractivity contribution in [2.75, 3.05) is 13.2 Å². The van der Waals surface area contributed by atoms with Gasteiger partial charge in [-0.3, -0.25) is 0 Å². The predicted molar refractivity (Wildman–Crippen MR) is 102 cm³/mol. The van der Waals surface area contributed by atoms with Gasteiger partial charge in [-0.2, -0.15) is 0 Å². The lowest BCUT2D eigenvalue weighted by Crippen LogP contribution is -1.97. The molecule has 0 aliphatic heterocycles. The molecule has 0 aliphatic rings. The van der Waals surface area contributed by atoms with Crippen LogP contribution in [0.3, 0.4) is 0 Å². The number of rotatable bonds is 9. The number of benzene rings is 2. The van der Waals surface area contributed by atoms with E-state index in [2.05, 4.69) is 63.4 Å². The van der Waals surface area contributed by atoms with Crippen molar-refractivity contribution in [2.24, 2.45) is 0 Å². The van der Waals surface area contributed by atoms with Crippen molar-refractivity contribution in [2.45, 2.75) is 26.7 Å². The van der Waals surface area contributed by atoms with Gasteiger partial charge in [-0.25, -0.2) is 0 Å². The first-order chi connectivity index (χ1) is 11.7. The largest absolute Gasteiger partial charge is 0.490 e. The van der Waals surface area contributed by atoms with E-state index in [1.54, 1.807) is 12.2 Å². The van der Waals surface area contributed by atoms with Crippen LogP contribution in [0, 0.1) is 0 Å². The summed E-state index contributed by atoms with van der Waals surface area (Å²) in [6.45, 7) is 12.7. The summed E-state index contributed by atoms with van der Waals surface area (Å²) in [7, 11) is 0. The lowest BCUT2D eigenvalue weighted by atomic mass is 9.98. The zero-order valence-corrected chi connectivity index (χ0v) is 14.7. The zero-order valence-electron chi connectivity index (χ0n) is 14.7. The molecule has 2 heteroatoms. The van der Waals surface area contributed by atoms with Crippen LogP contribution in [-0.4, -0.2) is 13.2 Å². The SMILES string of the molecule is C=CCOc1cc(CC)cc(-c2cc(CC)cc(OCC=C)c2)c1. The van der Waals surface area contributed by atoms with Crippen molar-refractivity contribution in [1.29, 1.82) is 0 Å². The fourth-order valence-electron chi connectivity index (χ4n) is 2.54. The Morgan fingerprint density at radius 3 is 1.46 bits per heavy atom. The summed E-state index contributed by atoms with van der Waals surface area (Å²) in [5.74, 6) is 1.75. The lowest BCUT2D eigenvalue weighted by Gasteiger charge is -2.13. The molecule has 0 aromatic heterocycles. The summed E-state index contributed by atoms with van der Waals surface area (Å²) in [6.07, 6.45) is 5.45. The fraction of sp³-hybridized carbons (Fsp3) is 0.273. The highest BCUT2D eigenvalue weighted by Crippen LogP contribution is 2.30. The standard InChI is InChI=1S/C22H26O2/c1-5-9-23-21-13-17(7-3)11-19(15-21)20-12-18(8-4)14-22(16-20)24-10-6-2/h5-6,11-16H,1-2,7-10H2,3-4H3. The van der Waals surface area contributed by atoms with Crippen LogP contribution in [-0.2, 0) is 12.8 Å². The third-order valence-corrected chi connectivity index (χ3v) is 3.82. The average Bonchev–Trinajstić information content (AvgIpc) is 2.63. The van der Waals surface area contributed by atoms with Crippen molar-refractivity contribution in [3.8, 4) is 22.6 Å². The van der Waals surface area contributed by atoms with Crippen molar-refractivity contribution in [3.63, 3.8) is 0 Å². The van der Waals surface area contributed by atoms with Gasteiger partial charge in [-0.1, -0.05) is 51.3 Å². The van der Waals surface area contributed by atoms with Crippen LogP contribution in [0.25, 0.3) is 11.1 Å². The van der Waals surface area contributed by atoms with E-state index in [9.17, 15) is 0 Å². The van der Waals surface area contributed by atoms with Gasteiger partial charge >= 0.3 is 0 Å². The first kappa shape index (κ1) is 17.9. The maximum Gasteiger partial charge on any atom is 0.120 e. The topological polar surface area (TPSA) is 18.5 Å². The van der Waals surface area contributed by atoms with Gasteiger partial charge < -0.3 is 9.47 Å². The normalized spacial score (nSPS) is 10.2. The molecule has 0 heterocycles. The number of hydrogen-bond donors (Lipinski definition) is 0. The molecule has 0 fully saturated rings. The predicted octanol–water partition coefficient (Wildman–Crippen LogP) is 5.61. The molecule has 126 valence electrons. The third-order valence-electron chi connectivity index (χ3n) is 3.82. The van der Waals surface area contributed by atoms with Crippen molar-refractivity contribution in [1.82, 2.24) is 0 Å². The summed E-state index contributed by atoms with van der Waals surface area (Å²) in [5.41, 5.74) is 4.79. The van der Waals surface area contributed by atoms with Crippen molar-refractivity contribution < 1.29 is 9.47 Å². The molecular formula is C22H26O2. The van der Waals surface area contributed by atoms with E-state index in [1.165, 1.54) is 11.1 Å². The van der Waals surface area contributed by atoms with Gasteiger partial charge in [0, 0.05) is 0 Å². The molecule has 0 saturated heterocycles. The van der Waals surface area contributed by atoms with Crippen LogP contribution in [0.15, 0.2) is 61.7 Å². The van der Waals surface area contributed by atoms with E-state index in [0.717, 1.165) is 35.5 Å². The van der Waals surface area contributed by atoms with E-state index >= 15 is 0 Å². The van der Waals surface area contributed by atoms with E-state index in [4.69, 9.17) is 9.47 Å². The second kappa shape index (κ2) is 8.97. The van der Waals surface area contributed by atoms with Gasteiger partial charge in [-0.15, -0.1) is 0 Å². The number of hydrogen-bond acceptors (Lipinski definition) is 2. The Kier molecular flexibility index (Phi) is 6.68. The molecule has 0 saturated carbocycles. The summed E-state index contributed by atoms with van der Waals surface area (Å²) < 4.78 is 11.5. The van der Waals surface area contributed by atoms with Crippen LogP contribution in [0.4, 0.5) is 0 Å². The van der Waals surface area contributed by atoms with Crippen LogP contribution in [0.1, 0.15) is 25.0 Å². The molecule has 2 rings (SSSR count). The molecule has 0 amide bonds. The van der Waals surface area contributed by atoms with Gasteiger partial charge in [0.1, 0.15) is 24.7 Å².